The van der Waals surface area contributed by atoms with Crippen LogP contribution in [0.5, 0.6) is 0 Å². The van der Waals surface area contributed by atoms with Crippen LogP contribution in [0.25, 0.3) is 0 Å². The molecular formula is C7H7N. The van der Waals surface area contributed by atoms with Gasteiger partial charge in [-0.2, -0.15) is 0 Å². The van der Waals surface area contributed by atoms with Crippen LogP contribution in [0.1, 0.15) is 6.92 Å². The second kappa shape index (κ2) is 2.23. The van der Waals surface area contributed by atoms with Crippen molar-refractivity contribution in [1.82, 2.24) is 5.32 Å². The smallest absolute Gasteiger partial charge is 0.0139 e. The molecular weight excluding hydrogens is 98.1 g/mol. The van der Waals surface area contributed by atoms with Crippen molar-refractivity contribution in [3.05, 3.63) is 23.9 Å². The molecule has 1 heterocycles. The molecule has 1 nitrogen and oxygen atoms in total. The third kappa shape index (κ3) is 1.16. The highest BCUT2D eigenvalue weighted by atomic mass is 14.8. The molecule has 1 aliphatic rings. The van der Waals surface area contributed by atoms with Crippen LogP contribution in [0, 0.1) is 12.0 Å². The summed E-state index contributed by atoms with van der Waals surface area (Å²) in [7, 11) is 0. The number of nitrogens with one attached hydrogen (secondary N) is 1. The zero-order valence-electron chi connectivity index (χ0n) is 4.73. The van der Waals surface area contributed by atoms with Gasteiger partial charge in [0.1, 0.15) is 0 Å². The van der Waals surface area contributed by atoms with Gasteiger partial charge < -0.3 is 5.32 Å². The Kier molecular flexibility index (Phi) is 1.39. The van der Waals surface area contributed by atoms with E-state index in [0.717, 1.165) is 5.57 Å². The van der Waals surface area contributed by atoms with Gasteiger partial charge in [0.25, 0.3) is 0 Å². The fourth-order valence-electron chi connectivity index (χ4n) is 0.459. The Morgan fingerprint density at radius 3 is 3.38 bits per heavy atom. The predicted molar refractivity (Wildman–Crippen MR) is 33.8 cm³/mol. The van der Waals surface area contributed by atoms with E-state index in [2.05, 4.69) is 17.3 Å². The first-order chi connectivity index (χ1) is 3.89. The maximum absolute atomic E-state index is 2.88. The molecule has 0 fully saturated rings. The Bertz CT molecular complexity index is 188. The second-order valence-corrected chi connectivity index (χ2v) is 1.60. The molecule has 0 saturated carbocycles. The topological polar surface area (TPSA) is 12.0 Å². The third-order valence-corrected chi connectivity index (χ3v) is 0.858. The summed E-state index contributed by atoms with van der Waals surface area (Å²) >= 11 is 0. The summed E-state index contributed by atoms with van der Waals surface area (Å²) in [6.45, 7) is 1.98. The summed E-state index contributed by atoms with van der Waals surface area (Å²) in [5.41, 5.74) is 1.09. The van der Waals surface area contributed by atoms with E-state index in [9.17, 15) is 0 Å². The fraction of sp³-hybridized carbons (Fsp3) is 0.143. The SMILES string of the molecule is CC1=CC=CNC#C1. The van der Waals surface area contributed by atoms with Gasteiger partial charge in [-0.1, -0.05) is 0 Å². The van der Waals surface area contributed by atoms with E-state index >= 15 is 0 Å². The summed E-state index contributed by atoms with van der Waals surface area (Å²) in [5, 5.41) is 2.78. The van der Waals surface area contributed by atoms with Crippen LogP contribution in [0.3, 0.4) is 0 Å². The quantitative estimate of drug-likeness (QED) is 0.453. The number of rotatable bonds is 0. The maximum Gasteiger partial charge on any atom is 0.0139 e. The Hall–Kier alpha value is -1.16. The van der Waals surface area contributed by atoms with E-state index in [1.54, 1.807) is 0 Å². The van der Waals surface area contributed by atoms with Crippen molar-refractivity contribution in [2.24, 2.45) is 0 Å². The summed E-state index contributed by atoms with van der Waals surface area (Å²) in [4.78, 5) is 0. The van der Waals surface area contributed by atoms with Gasteiger partial charge in [0.15, 0.2) is 0 Å². The van der Waals surface area contributed by atoms with Gasteiger partial charge in [0.2, 0.25) is 0 Å². The van der Waals surface area contributed by atoms with E-state index in [-0.39, 0.29) is 0 Å². The lowest BCUT2D eigenvalue weighted by Crippen LogP contribution is -1.89. The molecule has 0 radical (unpaired) electrons. The van der Waals surface area contributed by atoms with Gasteiger partial charge in [-0.05, 0) is 25.0 Å². The summed E-state index contributed by atoms with van der Waals surface area (Å²) < 4.78 is 0. The molecule has 0 saturated heterocycles. The molecule has 0 bridgehead atoms. The lowest BCUT2D eigenvalue weighted by molar-refractivity contribution is 1.26. The largest absolute Gasteiger partial charge is 0.322 e. The minimum atomic E-state index is 1.09. The van der Waals surface area contributed by atoms with Gasteiger partial charge in [-0.15, -0.1) is 0 Å². The van der Waals surface area contributed by atoms with Gasteiger partial charge in [0.05, 0.1) is 0 Å². The summed E-state index contributed by atoms with van der Waals surface area (Å²) in [6, 6.07) is 2.74. The molecule has 1 rings (SSSR count). The molecule has 40 valence electrons. The van der Waals surface area contributed by atoms with E-state index in [0.29, 0.717) is 0 Å². The molecule has 0 aromatic carbocycles. The standard InChI is InChI=1S/C7H7N/c1-7-3-2-5-8-6-4-7/h2-3,5,8H,1H3. The first-order valence-electron chi connectivity index (χ1n) is 2.49. The molecule has 0 amide bonds. The van der Waals surface area contributed by atoms with Crippen LogP contribution < -0.4 is 5.32 Å². The summed E-state index contributed by atoms with van der Waals surface area (Å²) in [6.07, 6.45) is 5.69. The Balaban J connectivity index is 2.80. The highest BCUT2D eigenvalue weighted by Crippen LogP contribution is 1.90. The molecule has 0 atom stereocenters. The van der Waals surface area contributed by atoms with Crippen LogP contribution in [0.15, 0.2) is 23.9 Å². The highest BCUT2D eigenvalue weighted by molar-refractivity contribution is 5.31. The first kappa shape index (κ1) is 4.99. The average molecular weight is 105 g/mol. The highest BCUT2D eigenvalue weighted by Gasteiger charge is 1.78. The minimum Gasteiger partial charge on any atom is -0.322 e. The molecule has 0 unspecified atom stereocenters. The second-order valence-electron chi connectivity index (χ2n) is 1.60. The average Bonchev–Trinajstić information content (AvgIpc) is 1.94. The molecule has 0 aliphatic carbocycles. The zero-order valence-corrected chi connectivity index (χ0v) is 4.73. The molecule has 1 heteroatoms. The zero-order chi connectivity index (χ0) is 5.82. The van der Waals surface area contributed by atoms with Crippen molar-refractivity contribution in [3.8, 4) is 12.0 Å². The van der Waals surface area contributed by atoms with Crippen LogP contribution in [-0.4, -0.2) is 0 Å². The Labute approximate surface area is 49.1 Å². The van der Waals surface area contributed by atoms with Gasteiger partial charge in [-0.3, -0.25) is 0 Å². The maximum atomic E-state index is 2.88. The number of hydrogen-bond acceptors (Lipinski definition) is 1. The van der Waals surface area contributed by atoms with Crippen LogP contribution in [-0.2, 0) is 0 Å². The third-order valence-electron chi connectivity index (χ3n) is 0.858. The molecule has 0 aromatic heterocycles. The van der Waals surface area contributed by atoms with Crippen LogP contribution in [0.2, 0.25) is 0 Å². The van der Waals surface area contributed by atoms with Crippen LogP contribution in [0.4, 0.5) is 0 Å². The van der Waals surface area contributed by atoms with Crippen molar-refractivity contribution >= 4 is 0 Å². The van der Waals surface area contributed by atoms with Crippen LogP contribution >= 0.6 is 0 Å². The van der Waals surface area contributed by atoms with Crippen molar-refractivity contribution < 1.29 is 0 Å². The molecule has 0 spiro atoms. The fourth-order valence-corrected chi connectivity index (χ4v) is 0.459. The van der Waals surface area contributed by atoms with Gasteiger partial charge >= 0.3 is 0 Å². The minimum absolute atomic E-state index is 1.09. The van der Waals surface area contributed by atoms with Gasteiger partial charge in [-0.25, -0.2) is 0 Å². The van der Waals surface area contributed by atoms with Crippen molar-refractivity contribution in [1.29, 1.82) is 0 Å². The van der Waals surface area contributed by atoms with Crippen molar-refractivity contribution in [2.45, 2.75) is 6.92 Å². The molecule has 1 aliphatic heterocycles. The Morgan fingerprint density at radius 2 is 2.50 bits per heavy atom. The number of allylic oxidation sites excluding steroid dienone is 3. The predicted octanol–water partition coefficient (Wildman–Crippen LogP) is 1.01. The number of hydrogen-bond donors (Lipinski definition) is 1. The lowest BCUT2D eigenvalue weighted by Gasteiger charge is -1.75. The molecule has 0 aromatic rings. The normalized spacial score (nSPS) is 14.9. The van der Waals surface area contributed by atoms with Gasteiger partial charge in [0, 0.05) is 17.8 Å². The molecule has 8 heavy (non-hydrogen) atoms. The lowest BCUT2D eigenvalue weighted by atomic mass is 10.3. The molecule has 1 N–H and O–H groups in total. The first-order valence-corrected chi connectivity index (χ1v) is 2.49. The van der Waals surface area contributed by atoms with E-state index in [1.807, 2.05) is 25.3 Å². The summed E-state index contributed by atoms with van der Waals surface area (Å²) in [5.74, 6) is 2.88. The van der Waals surface area contributed by atoms with Crippen molar-refractivity contribution in [2.75, 3.05) is 0 Å². The van der Waals surface area contributed by atoms with E-state index in [1.165, 1.54) is 0 Å². The van der Waals surface area contributed by atoms with E-state index < -0.39 is 0 Å². The monoisotopic (exact) mass is 105 g/mol. The Morgan fingerprint density at radius 1 is 1.62 bits per heavy atom. The van der Waals surface area contributed by atoms with Crippen molar-refractivity contribution in [3.63, 3.8) is 0 Å². The van der Waals surface area contributed by atoms with E-state index in [4.69, 9.17) is 0 Å².